The lowest BCUT2D eigenvalue weighted by Gasteiger charge is -2.45. The number of hydrogen-bond acceptors (Lipinski definition) is 8. The number of nitriles is 1. The van der Waals surface area contributed by atoms with Crippen molar-refractivity contribution in [2.75, 3.05) is 32.8 Å². The molecule has 0 bridgehead atoms. The molecule has 0 aliphatic carbocycles. The summed E-state index contributed by atoms with van der Waals surface area (Å²) in [6, 6.07) is 9.31. The second-order valence-corrected chi connectivity index (χ2v) is 6.64. The Balaban J connectivity index is 2.09. The Bertz CT molecular complexity index is 946. The van der Waals surface area contributed by atoms with Crippen molar-refractivity contribution in [1.29, 1.82) is 5.26 Å². The predicted octanol–water partition coefficient (Wildman–Crippen LogP) is 0.590. The number of fused-ring (bicyclic) bond motifs is 1. The summed E-state index contributed by atoms with van der Waals surface area (Å²) in [4.78, 5) is 11.6. The highest BCUT2D eigenvalue weighted by molar-refractivity contribution is 5.50. The summed E-state index contributed by atoms with van der Waals surface area (Å²) in [5.74, 6) is 0.894. The largest absolute Gasteiger partial charge is 0.479 e. The molecule has 0 unspecified atom stereocenters. The van der Waals surface area contributed by atoms with E-state index in [1.54, 1.807) is 18.2 Å². The number of methoxy groups -OCH3 is 2. The summed E-state index contributed by atoms with van der Waals surface area (Å²) >= 11 is 0. The second-order valence-electron chi connectivity index (χ2n) is 6.64. The molecule has 1 aromatic carbocycles. The molecule has 0 amide bonds. The van der Waals surface area contributed by atoms with Crippen LogP contribution in [-0.2, 0) is 16.5 Å². The van der Waals surface area contributed by atoms with E-state index in [2.05, 4.69) is 16.5 Å². The van der Waals surface area contributed by atoms with Gasteiger partial charge < -0.3 is 24.6 Å². The summed E-state index contributed by atoms with van der Waals surface area (Å²) < 4.78 is 17.9. The Morgan fingerprint density at radius 1 is 1.32 bits per heavy atom. The SMILES string of the molecule is COCC1(COC)Oc2ccc(C#N)cc2[C@@H](Nc2ccc(=O)n(C)n2)[C@@H]1O. The van der Waals surface area contributed by atoms with Gasteiger partial charge in [-0.25, -0.2) is 4.68 Å². The van der Waals surface area contributed by atoms with Gasteiger partial charge in [0.2, 0.25) is 0 Å². The molecule has 0 radical (unpaired) electrons. The van der Waals surface area contributed by atoms with E-state index in [1.165, 1.54) is 38.1 Å². The normalized spacial score (nSPS) is 20.0. The van der Waals surface area contributed by atoms with Crippen LogP contribution >= 0.6 is 0 Å². The number of anilines is 1. The minimum atomic E-state index is -1.16. The molecule has 9 heteroatoms. The van der Waals surface area contributed by atoms with Gasteiger partial charge in [0, 0.05) is 32.9 Å². The van der Waals surface area contributed by atoms with Crippen molar-refractivity contribution in [3.63, 3.8) is 0 Å². The summed E-state index contributed by atoms with van der Waals surface area (Å²) in [6.45, 7) is 0.167. The Hall–Kier alpha value is -2.93. The van der Waals surface area contributed by atoms with E-state index in [0.717, 1.165) is 0 Å². The lowest BCUT2D eigenvalue weighted by Crippen LogP contribution is -2.60. The lowest BCUT2D eigenvalue weighted by molar-refractivity contribution is -0.142. The van der Waals surface area contributed by atoms with E-state index in [-0.39, 0.29) is 18.8 Å². The zero-order valence-electron chi connectivity index (χ0n) is 15.9. The average Bonchev–Trinajstić information content (AvgIpc) is 2.68. The van der Waals surface area contributed by atoms with Gasteiger partial charge in [0.1, 0.15) is 17.7 Å². The lowest BCUT2D eigenvalue weighted by atomic mass is 9.84. The fraction of sp³-hybridized carbons (Fsp3) is 0.421. The highest BCUT2D eigenvalue weighted by atomic mass is 16.6. The molecule has 0 fully saturated rings. The third-order valence-electron chi connectivity index (χ3n) is 4.68. The van der Waals surface area contributed by atoms with Gasteiger partial charge in [0.25, 0.3) is 5.56 Å². The van der Waals surface area contributed by atoms with Crippen LogP contribution in [0, 0.1) is 11.3 Å². The van der Waals surface area contributed by atoms with E-state index in [4.69, 9.17) is 14.2 Å². The van der Waals surface area contributed by atoms with Crippen LogP contribution < -0.4 is 15.6 Å². The number of ether oxygens (including phenoxy) is 3. The first-order valence-electron chi connectivity index (χ1n) is 8.64. The Morgan fingerprint density at radius 3 is 2.64 bits per heavy atom. The molecule has 9 nitrogen and oxygen atoms in total. The number of nitrogens with one attached hydrogen (secondary N) is 1. The monoisotopic (exact) mass is 386 g/mol. The van der Waals surface area contributed by atoms with Gasteiger partial charge in [-0.3, -0.25) is 4.79 Å². The van der Waals surface area contributed by atoms with Gasteiger partial charge in [-0.2, -0.15) is 10.4 Å². The van der Waals surface area contributed by atoms with Crippen molar-refractivity contribution in [2.45, 2.75) is 17.7 Å². The molecule has 28 heavy (non-hydrogen) atoms. The number of aliphatic hydroxyl groups excluding tert-OH is 1. The first kappa shape index (κ1) is 19.8. The third kappa shape index (κ3) is 3.57. The molecule has 0 saturated carbocycles. The van der Waals surface area contributed by atoms with Gasteiger partial charge in [0.15, 0.2) is 5.60 Å². The molecule has 2 aromatic rings. The van der Waals surface area contributed by atoms with Crippen molar-refractivity contribution < 1.29 is 19.3 Å². The Kier molecular flexibility index (Phi) is 5.65. The van der Waals surface area contributed by atoms with Crippen LogP contribution in [0.1, 0.15) is 17.2 Å². The number of aryl methyl sites for hydroxylation is 1. The summed E-state index contributed by atoms with van der Waals surface area (Å²) in [5.41, 5.74) is -0.382. The third-order valence-corrected chi connectivity index (χ3v) is 4.68. The Labute approximate surface area is 162 Å². The van der Waals surface area contributed by atoms with Gasteiger partial charge in [-0.15, -0.1) is 0 Å². The molecule has 1 aromatic heterocycles. The zero-order chi connectivity index (χ0) is 20.3. The molecule has 148 valence electrons. The second kappa shape index (κ2) is 7.98. The van der Waals surface area contributed by atoms with Crippen molar-refractivity contribution in [2.24, 2.45) is 7.05 Å². The summed E-state index contributed by atoms with van der Waals surface area (Å²) in [7, 11) is 4.56. The van der Waals surface area contributed by atoms with Crippen LogP contribution in [0.15, 0.2) is 35.1 Å². The first-order valence-corrected chi connectivity index (χ1v) is 8.64. The van der Waals surface area contributed by atoms with Crippen LogP contribution in [0.4, 0.5) is 5.82 Å². The molecule has 1 aliphatic heterocycles. The van der Waals surface area contributed by atoms with Crippen molar-refractivity contribution >= 4 is 5.82 Å². The molecule has 0 spiro atoms. The van der Waals surface area contributed by atoms with E-state index < -0.39 is 17.7 Å². The van der Waals surface area contributed by atoms with Gasteiger partial charge >= 0.3 is 0 Å². The fourth-order valence-electron chi connectivity index (χ4n) is 3.36. The predicted molar refractivity (Wildman–Crippen MR) is 100 cm³/mol. The molecule has 2 atom stereocenters. The zero-order valence-corrected chi connectivity index (χ0v) is 15.9. The maximum atomic E-state index is 11.6. The van der Waals surface area contributed by atoms with Crippen LogP contribution in [0.2, 0.25) is 0 Å². The number of aliphatic hydroxyl groups is 1. The topological polar surface area (TPSA) is 119 Å². The molecular formula is C19H22N4O5. The maximum Gasteiger partial charge on any atom is 0.266 e. The van der Waals surface area contributed by atoms with Gasteiger partial charge in [0.05, 0.1) is 30.9 Å². The highest BCUT2D eigenvalue weighted by Gasteiger charge is 2.50. The minimum absolute atomic E-state index is 0.0837. The van der Waals surface area contributed by atoms with Crippen LogP contribution in [0.5, 0.6) is 5.75 Å². The minimum Gasteiger partial charge on any atom is -0.479 e. The Morgan fingerprint density at radius 2 is 2.04 bits per heavy atom. The molecule has 2 N–H and O–H groups in total. The average molecular weight is 386 g/mol. The van der Waals surface area contributed by atoms with Gasteiger partial charge in [-0.05, 0) is 24.3 Å². The quantitative estimate of drug-likeness (QED) is 0.740. The van der Waals surface area contributed by atoms with E-state index in [9.17, 15) is 15.2 Å². The van der Waals surface area contributed by atoms with E-state index in [0.29, 0.717) is 22.7 Å². The van der Waals surface area contributed by atoms with Crippen molar-refractivity contribution in [3.8, 4) is 11.8 Å². The summed E-state index contributed by atoms with van der Waals surface area (Å²) in [5, 5.41) is 27.8. The molecule has 3 rings (SSSR count). The standard InChI is InChI=1S/C19H22N4O5/c1-23-16(24)7-6-15(22-23)21-17-13-8-12(9-20)4-5-14(13)28-19(10-26-2,11-27-3)18(17)25/h4-8,17-18,25H,10-11H2,1-3H3,(H,21,22)/t17-,18+/m1/s1. The number of aromatic nitrogens is 2. The van der Waals surface area contributed by atoms with Crippen molar-refractivity contribution in [3.05, 3.63) is 51.8 Å². The fourth-order valence-corrected chi connectivity index (χ4v) is 3.36. The van der Waals surface area contributed by atoms with Gasteiger partial charge in [-0.1, -0.05) is 0 Å². The van der Waals surface area contributed by atoms with E-state index >= 15 is 0 Å². The number of nitrogens with zero attached hydrogens (tertiary/aromatic N) is 3. The van der Waals surface area contributed by atoms with Crippen LogP contribution in [0.3, 0.4) is 0 Å². The van der Waals surface area contributed by atoms with E-state index in [1.807, 2.05) is 0 Å². The molecule has 2 heterocycles. The maximum absolute atomic E-state index is 11.6. The molecular weight excluding hydrogens is 364 g/mol. The molecule has 0 saturated heterocycles. The van der Waals surface area contributed by atoms with Crippen LogP contribution in [0.25, 0.3) is 0 Å². The number of benzene rings is 1. The van der Waals surface area contributed by atoms with Crippen LogP contribution in [-0.4, -0.2) is 54.0 Å². The first-order chi connectivity index (χ1) is 13.4. The number of hydrogen-bond donors (Lipinski definition) is 2. The smallest absolute Gasteiger partial charge is 0.266 e. The van der Waals surface area contributed by atoms with Crippen molar-refractivity contribution in [1.82, 2.24) is 9.78 Å². The summed E-state index contributed by atoms with van der Waals surface area (Å²) in [6.07, 6.45) is -1.09. The number of rotatable bonds is 6. The molecule has 1 aliphatic rings. The highest BCUT2D eigenvalue weighted by Crippen LogP contribution is 2.42.